The van der Waals surface area contributed by atoms with Gasteiger partial charge in [0.25, 0.3) is 0 Å². The number of rotatable bonds is 3. The number of nitrogens with zero attached hydrogens (tertiary/aromatic N) is 2. The van der Waals surface area contributed by atoms with E-state index in [1.54, 1.807) is 5.38 Å². The molecule has 1 aliphatic rings. The van der Waals surface area contributed by atoms with Crippen LogP contribution >= 0.6 is 11.3 Å². The molecule has 0 radical (unpaired) electrons. The normalized spacial score (nSPS) is 26.0. The minimum absolute atomic E-state index is 0.169. The van der Waals surface area contributed by atoms with E-state index in [1.807, 2.05) is 0 Å². The Balaban J connectivity index is 2.01. The van der Waals surface area contributed by atoms with E-state index in [4.69, 9.17) is 5.11 Å². The van der Waals surface area contributed by atoms with Crippen LogP contribution in [0.3, 0.4) is 0 Å². The van der Waals surface area contributed by atoms with Gasteiger partial charge < -0.3 is 5.11 Å². The molecular formula is C12H18N2O2S. The van der Waals surface area contributed by atoms with E-state index in [0.717, 1.165) is 18.1 Å². The molecule has 1 aliphatic heterocycles. The summed E-state index contributed by atoms with van der Waals surface area (Å²) in [5.74, 6) is -0.227. The molecular weight excluding hydrogens is 236 g/mol. The molecule has 94 valence electrons. The van der Waals surface area contributed by atoms with Crippen molar-refractivity contribution in [1.82, 2.24) is 9.88 Å². The van der Waals surface area contributed by atoms with Crippen molar-refractivity contribution in [2.75, 3.05) is 6.54 Å². The van der Waals surface area contributed by atoms with E-state index in [9.17, 15) is 4.79 Å². The number of hydrogen-bond acceptors (Lipinski definition) is 4. The molecule has 1 fully saturated rings. The third-order valence-electron chi connectivity index (χ3n) is 3.61. The van der Waals surface area contributed by atoms with Gasteiger partial charge in [-0.1, -0.05) is 6.92 Å². The van der Waals surface area contributed by atoms with Crippen LogP contribution in [0, 0.1) is 5.92 Å². The third kappa shape index (κ3) is 2.84. The van der Waals surface area contributed by atoms with Gasteiger partial charge >= 0.3 is 5.97 Å². The maximum atomic E-state index is 10.8. The summed E-state index contributed by atoms with van der Waals surface area (Å²) in [6.45, 7) is 6.40. The second-order valence-corrected chi connectivity index (χ2v) is 5.70. The topological polar surface area (TPSA) is 53.4 Å². The van der Waals surface area contributed by atoms with E-state index in [2.05, 4.69) is 23.7 Å². The highest BCUT2D eigenvalue weighted by atomic mass is 32.1. The number of aromatic nitrogens is 1. The first-order chi connectivity index (χ1) is 8.08. The number of carboxylic acid groups (broad SMARTS) is 1. The van der Waals surface area contributed by atoms with Crippen molar-refractivity contribution in [2.24, 2.45) is 5.92 Å². The van der Waals surface area contributed by atoms with Crippen LogP contribution < -0.4 is 0 Å². The van der Waals surface area contributed by atoms with Crippen molar-refractivity contribution in [3.05, 3.63) is 16.1 Å². The molecule has 0 spiro atoms. The molecule has 2 heterocycles. The van der Waals surface area contributed by atoms with Gasteiger partial charge in [0.1, 0.15) is 5.01 Å². The Kier molecular flexibility index (Phi) is 3.79. The Labute approximate surface area is 105 Å². The van der Waals surface area contributed by atoms with Gasteiger partial charge in [-0.2, -0.15) is 0 Å². The van der Waals surface area contributed by atoms with Gasteiger partial charge in [-0.05, 0) is 32.2 Å². The number of piperidine rings is 1. The molecule has 17 heavy (non-hydrogen) atoms. The summed E-state index contributed by atoms with van der Waals surface area (Å²) in [4.78, 5) is 17.3. The van der Waals surface area contributed by atoms with Crippen LogP contribution in [-0.2, 0) is 6.54 Å². The Bertz CT molecular complexity index is 405. The minimum Gasteiger partial charge on any atom is -0.476 e. The van der Waals surface area contributed by atoms with E-state index in [1.165, 1.54) is 24.2 Å². The summed E-state index contributed by atoms with van der Waals surface area (Å²) in [6, 6.07) is 0.556. The van der Waals surface area contributed by atoms with Crippen LogP contribution in [0.25, 0.3) is 0 Å². The summed E-state index contributed by atoms with van der Waals surface area (Å²) >= 11 is 1.44. The molecule has 4 nitrogen and oxygen atoms in total. The fourth-order valence-corrected chi connectivity index (χ4v) is 3.09. The second-order valence-electron chi connectivity index (χ2n) is 4.76. The lowest BCUT2D eigenvalue weighted by Gasteiger charge is -2.37. The van der Waals surface area contributed by atoms with Crippen LogP contribution in [0.15, 0.2) is 5.38 Å². The number of carboxylic acids is 1. The van der Waals surface area contributed by atoms with Crippen LogP contribution in [-0.4, -0.2) is 33.5 Å². The van der Waals surface area contributed by atoms with Gasteiger partial charge in [-0.25, -0.2) is 9.78 Å². The predicted octanol–water partition coefficient (Wildman–Crippen LogP) is 2.46. The minimum atomic E-state index is -0.937. The van der Waals surface area contributed by atoms with Gasteiger partial charge in [-0.3, -0.25) is 4.90 Å². The molecule has 2 rings (SSSR count). The van der Waals surface area contributed by atoms with Crippen LogP contribution in [0.1, 0.15) is 42.2 Å². The van der Waals surface area contributed by atoms with Gasteiger partial charge in [0, 0.05) is 11.4 Å². The number of hydrogen-bond donors (Lipinski definition) is 1. The molecule has 1 N–H and O–H groups in total. The summed E-state index contributed by atoms with van der Waals surface area (Å²) in [6.07, 6.45) is 2.51. The quantitative estimate of drug-likeness (QED) is 0.900. The van der Waals surface area contributed by atoms with Gasteiger partial charge in [0.15, 0.2) is 5.69 Å². The highest BCUT2D eigenvalue weighted by molar-refractivity contribution is 7.09. The maximum Gasteiger partial charge on any atom is 0.355 e. The average molecular weight is 254 g/mol. The van der Waals surface area contributed by atoms with Crippen molar-refractivity contribution in [2.45, 2.75) is 39.3 Å². The molecule has 0 saturated carbocycles. The van der Waals surface area contributed by atoms with Crippen molar-refractivity contribution in [1.29, 1.82) is 0 Å². The summed E-state index contributed by atoms with van der Waals surface area (Å²) in [5.41, 5.74) is 0.169. The van der Waals surface area contributed by atoms with Crippen LogP contribution in [0.4, 0.5) is 0 Å². The predicted molar refractivity (Wildman–Crippen MR) is 67.3 cm³/mol. The number of likely N-dealkylation sites (tertiary alicyclic amines) is 1. The number of thiazole rings is 1. The summed E-state index contributed by atoms with van der Waals surface area (Å²) < 4.78 is 0. The van der Waals surface area contributed by atoms with Crippen LogP contribution in [0.2, 0.25) is 0 Å². The van der Waals surface area contributed by atoms with Crippen molar-refractivity contribution < 1.29 is 9.90 Å². The summed E-state index contributed by atoms with van der Waals surface area (Å²) in [5, 5.41) is 11.4. The highest BCUT2D eigenvalue weighted by Crippen LogP contribution is 2.25. The van der Waals surface area contributed by atoms with Crippen molar-refractivity contribution in [3.8, 4) is 0 Å². The molecule has 1 saturated heterocycles. The van der Waals surface area contributed by atoms with Gasteiger partial charge in [-0.15, -0.1) is 11.3 Å². The zero-order valence-corrected chi connectivity index (χ0v) is 11.0. The summed E-state index contributed by atoms with van der Waals surface area (Å²) in [7, 11) is 0. The third-order valence-corrected chi connectivity index (χ3v) is 4.45. The molecule has 1 aromatic heterocycles. The molecule has 5 heteroatoms. The Hall–Kier alpha value is -0.940. The molecule has 0 aromatic carbocycles. The highest BCUT2D eigenvalue weighted by Gasteiger charge is 2.25. The zero-order valence-electron chi connectivity index (χ0n) is 10.2. The fourth-order valence-electron chi connectivity index (χ4n) is 2.30. The van der Waals surface area contributed by atoms with Gasteiger partial charge in [0.05, 0.1) is 6.54 Å². The van der Waals surface area contributed by atoms with E-state index >= 15 is 0 Å². The lowest BCUT2D eigenvalue weighted by molar-refractivity contribution is 0.0690. The standard InChI is InChI=1S/C12H18N2O2S/c1-8-4-3-5-14(9(8)2)6-11-13-10(7-17-11)12(15)16/h7-9H,3-6H2,1-2H3,(H,15,16). The number of carbonyl (C=O) groups is 1. The van der Waals surface area contributed by atoms with Crippen molar-refractivity contribution >= 4 is 17.3 Å². The molecule has 0 bridgehead atoms. The molecule has 0 amide bonds. The van der Waals surface area contributed by atoms with Gasteiger partial charge in [0.2, 0.25) is 0 Å². The first-order valence-corrected chi connectivity index (χ1v) is 6.87. The zero-order chi connectivity index (χ0) is 12.4. The average Bonchev–Trinajstić information content (AvgIpc) is 2.73. The van der Waals surface area contributed by atoms with Crippen LogP contribution in [0.5, 0.6) is 0 Å². The van der Waals surface area contributed by atoms with Crippen molar-refractivity contribution in [3.63, 3.8) is 0 Å². The smallest absolute Gasteiger partial charge is 0.355 e. The molecule has 2 unspecified atom stereocenters. The Morgan fingerprint density at radius 1 is 1.65 bits per heavy atom. The first-order valence-electron chi connectivity index (χ1n) is 5.99. The maximum absolute atomic E-state index is 10.8. The molecule has 1 aromatic rings. The lowest BCUT2D eigenvalue weighted by Crippen LogP contribution is -2.41. The van der Waals surface area contributed by atoms with E-state index in [-0.39, 0.29) is 5.69 Å². The monoisotopic (exact) mass is 254 g/mol. The number of aromatic carboxylic acids is 1. The molecule has 2 atom stereocenters. The SMILES string of the molecule is CC1CCCN(Cc2nc(C(=O)O)cs2)C1C. The molecule has 0 aliphatic carbocycles. The fraction of sp³-hybridized carbons (Fsp3) is 0.667. The second kappa shape index (κ2) is 5.14. The van der Waals surface area contributed by atoms with E-state index in [0.29, 0.717) is 12.0 Å². The Morgan fingerprint density at radius 2 is 2.41 bits per heavy atom. The van der Waals surface area contributed by atoms with E-state index < -0.39 is 5.97 Å². The first kappa shape index (κ1) is 12.5. The Morgan fingerprint density at radius 3 is 3.06 bits per heavy atom. The largest absolute Gasteiger partial charge is 0.476 e. The lowest BCUT2D eigenvalue weighted by atomic mass is 9.92.